The molecule has 1 amide bonds. The van der Waals surface area contributed by atoms with Crippen LogP contribution in [-0.4, -0.2) is 20.2 Å². The molecule has 2 aromatic carbocycles. The van der Waals surface area contributed by atoms with Crippen molar-refractivity contribution in [3.8, 4) is 5.75 Å². The lowest BCUT2D eigenvalue weighted by molar-refractivity contribution is 0.215. The maximum Gasteiger partial charge on any atom is 0.417 e. The van der Waals surface area contributed by atoms with Gasteiger partial charge in [0.25, 0.3) is 0 Å². The smallest absolute Gasteiger partial charge is 0.410 e. The van der Waals surface area contributed by atoms with E-state index < -0.39 is 6.09 Å². The molecule has 0 atom stereocenters. The van der Waals surface area contributed by atoms with Crippen molar-refractivity contribution < 1.29 is 9.53 Å². The number of nitrogens with one attached hydrogen (secondary N) is 1. The summed E-state index contributed by atoms with van der Waals surface area (Å²) in [6, 6.07) is 14.7. The van der Waals surface area contributed by atoms with Gasteiger partial charge in [-0.25, -0.2) is 4.79 Å². The van der Waals surface area contributed by atoms with Crippen LogP contribution in [0.3, 0.4) is 0 Å². The summed E-state index contributed by atoms with van der Waals surface area (Å²) in [6.45, 7) is 2.03. The van der Waals surface area contributed by atoms with Gasteiger partial charge in [-0.2, -0.15) is 0 Å². The number of amides is 1. The van der Waals surface area contributed by atoms with Crippen LogP contribution in [-0.2, 0) is 0 Å². The Hall–Kier alpha value is -2.49. The number of hydrogen-bond acceptors (Lipinski definition) is 3. The molecule has 104 valence electrons. The van der Waals surface area contributed by atoms with Crippen molar-refractivity contribution in [2.24, 2.45) is 0 Å². The Labute approximate surface area is 119 Å². The van der Waals surface area contributed by atoms with Gasteiger partial charge in [0, 0.05) is 25.5 Å². The van der Waals surface area contributed by atoms with Crippen LogP contribution in [0.4, 0.5) is 16.2 Å². The first-order valence-corrected chi connectivity index (χ1v) is 6.38. The number of carbonyl (C=O) groups is 1. The molecule has 2 rings (SSSR count). The summed E-state index contributed by atoms with van der Waals surface area (Å²) < 4.78 is 5.19. The summed E-state index contributed by atoms with van der Waals surface area (Å²) >= 11 is 0. The summed E-state index contributed by atoms with van der Waals surface area (Å²) in [5.74, 6) is 0.518. The first kappa shape index (κ1) is 13.9. The van der Waals surface area contributed by atoms with E-state index in [1.165, 1.54) is 0 Å². The first-order chi connectivity index (χ1) is 9.56. The van der Waals surface area contributed by atoms with Crippen molar-refractivity contribution in [3.05, 3.63) is 54.1 Å². The highest BCUT2D eigenvalue weighted by atomic mass is 16.6. The minimum Gasteiger partial charge on any atom is -0.410 e. The van der Waals surface area contributed by atoms with Crippen molar-refractivity contribution in [3.63, 3.8) is 0 Å². The van der Waals surface area contributed by atoms with Crippen molar-refractivity contribution in [2.75, 3.05) is 24.3 Å². The molecule has 0 heterocycles. The van der Waals surface area contributed by atoms with Crippen LogP contribution in [0.25, 0.3) is 0 Å². The zero-order valence-electron chi connectivity index (χ0n) is 11.9. The number of rotatable bonds is 3. The maximum absolute atomic E-state index is 11.8. The summed E-state index contributed by atoms with van der Waals surface area (Å²) in [5, 5.41) is 2.73. The van der Waals surface area contributed by atoms with Crippen LogP contribution in [0.5, 0.6) is 5.75 Å². The van der Waals surface area contributed by atoms with Gasteiger partial charge in [0.05, 0.1) is 0 Å². The molecule has 0 saturated carbocycles. The Morgan fingerprint density at radius 1 is 1.10 bits per heavy atom. The summed E-state index contributed by atoms with van der Waals surface area (Å²) in [4.78, 5) is 13.8. The number of benzene rings is 2. The van der Waals surface area contributed by atoms with Crippen molar-refractivity contribution in [1.82, 2.24) is 0 Å². The van der Waals surface area contributed by atoms with Crippen molar-refractivity contribution in [1.29, 1.82) is 0 Å². The molecule has 0 aliphatic carbocycles. The quantitative estimate of drug-likeness (QED) is 0.925. The van der Waals surface area contributed by atoms with Gasteiger partial charge in [-0.05, 0) is 36.8 Å². The summed E-state index contributed by atoms with van der Waals surface area (Å²) in [6.07, 6.45) is -0.496. The Morgan fingerprint density at radius 2 is 1.80 bits per heavy atom. The molecule has 2 aromatic rings. The number of carbonyl (C=O) groups excluding carboxylic acids is 1. The molecule has 0 bridgehead atoms. The summed E-state index contributed by atoms with van der Waals surface area (Å²) in [5.41, 5.74) is 2.92. The second-order valence-electron chi connectivity index (χ2n) is 4.72. The van der Waals surface area contributed by atoms with E-state index in [4.69, 9.17) is 4.74 Å². The zero-order valence-corrected chi connectivity index (χ0v) is 11.9. The van der Waals surface area contributed by atoms with E-state index in [0.717, 1.165) is 11.3 Å². The van der Waals surface area contributed by atoms with E-state index in [1.807, 2.05) is 62.3 Å². The Kier molecular flexibility index (Phi) is 4.25. The predicted molar refractivity (Wildman–Crippen MR) is 81.6 cm³/mol. The fourth-order valence-corrected chi connectivity index (χ4v) is 1.91. The first-order valence-electron chi connectivity index (χ1n) is 6.38. The third-order valence-electron chi connectivity index (χ3n) is 2.89. The normalized spacial score (nSPS) is 9.95. The van der Waals surface area contributed by atoms with Gasteiger partial charge in [-0.1, -0.05) is 24.3 Å². The topological polar surface area (TPSA) is 41.6 Å². The highest BCUT2D eigenvalue weighted by Crippen LogP contribution is 2.22. The fraction of sp³-hybridized carbons (Fsp3) is 0.188. The van der Waals surface area contributed by atoms with E-state index in [9.17, 15) is 4.79 Å². The zero-order chi connectivity index (χ0) is 14.5. The summed E-state index contributed by atoms with van der Waals surface area (Å²) in [7, 11) is 3.93. The second-order valence-corrected chi connectivity index (χ2v) is 4.72. The van der Waals surface area contributed by atoms with E-state index >= 15 is 0 Å². The molecule has 0 unspecified atom stereocenters. The van der Waals surface area contributed by atoms with Gasteiger partial charge >= 0.3 is 6.09 Å². The van der Waals surface area contributed by atoms with Crippen molar-refractivity contribution >= 4 is 17.5 Å². The molecule has 0 radical (unpaired) electrons. The van der Waals surface area contributed by atoms with E-state index in [2.05, 4.69) is 5.32 Å². The molecule has 4 nitrogen and oxygen atoms in total. The number of anilines is 2. The van der Waals surface area contributed by atoms with E-state index in [0.29, 0.717) is 11.4 Å². The third kappa shape index (κ3) is 3.51. The van der Waals surface area contributed by atoms with Crippen molar-refractivity contribution in [2.45, 2.75) is 6.92 Å². The highest BCUT2D eigenvalue weighted by Gasteiger charge is 2.07. The van der Waals surface area contributed by atoms with Gasteiger partial charge in [-0.3, -0.25) is 5.32 Å². The molecule has 0 aliphatic rings. The molecule has 4 heteroatoms. The average Bonchev–Trinajstić information content (AvgIpc) is 2.41. The van der Waals surface area contributed by atoms with Crippen LogP contribution < -0.4 is 15.0 Å². The van der Waals surface area contributed by atoms with Crippen LogP contribution in [0, 0.1) is 6.92 Å². The molecule has 0 fully saturated rings. The number of nitrogens with zero attached hydrogens (tertiary/aromatic N) is 1. The molecule has 0 aliphatic heterocycles. The average molecular weight is 270 g/mol. The largest absolute Gasteiger partial charge is 0.417 e. The molecule has 0 aromatic heterocycles. The van der Waals surface area contributed by atoms with Gasteiger partial charge in [0.15, 0.2) is 0 Å². The fourth-order valence-electron chi connectivity index (χ4n) is 1.91. The highest BCUT2D eigenvalue weighted by molar-refractivity contribution is 5.87. The molecule has 0 spiro atoms. The number of hydrogen-bond donors (Lipinski definition) is 1. The number of aryl methyl sites for hydroxylation is 1. The van der Waals surface area contributed by atoms with Gasteiger partial charge in [0.1, 0.15) is 5.75 Å². The molecule has 0 saturated heterocycles. The second kappa shape index (κ2) is 6.10. The van der Waals surface area contributed by atoms with Crippen LogP contribution in [0.1, 0.15) is 5.56 Å². The Morgan fingerprint density at radius 3 is 2.45 bits per heavy atom. The van der Waals surface area contributed by atoms with Crippen LogP contribution in [0.15, 0.2) is 48.5 Å². The number of para-hydroxylation sites is 1. The SMILES string of the molecule is Cc1ccc(NC(=O)Oc2ccccc2)cc1N(C)C. The Balaban J connectivity index is 2.06. The molecule has 20 heavy (non-hydrogen) atoms. The minimum atomic E-state index is -0.496. The molecule has 1 N–H and O–H groups in total. The van der Waals surface area contributed by atoms with E-state index in [-0.39, 0.29) is 0 Å². The lowest BCUT2D eigenvalue weighted by Gasteiger charge is -2.17. The molecular formula is C16H18N2O2. The van der Waals surface area contributed by atoms with Crippen LogP contribution >= 0.6 is 0 Å². The minimum absolute atomic E-state index is 0.496. The number of ether oxygens (including phenoxy) is 1. The van der Waals surface area contributed by atoms with Crippen LogP contribution in [0.2, 0.25) is 0 Å². The molecular weight excluding hydrogens is 252 g/mol. The predicted octanol–water partition coefficient (Wildman–Crippen LogP) is 3.67. The van der Waals surface area contributed by atoms with E-state index in [1.54, 1.807) is 12.1 Å². The third-order valence-corrected chi connectivity index (χ3v) is 2.89. The maximum atomic E-state index is 11.8. The van der Waals surface area contributed by atoms with Gasteiger partial charge < -0.3 is 9.64 Å². The standard InChI is InChI=1S/C16H18N2O2/c1-12-9-10-13(11-15(12)18(2)3)17-16(19)20-14-7-5-4-6-8-14/h4-11H,1-3H3,(H,17,19). The Bertz CT molecular complexity index is 595. The monoisotopic (exact) mass is 270 g/mol. The lowest BCUT2D eigenvalue weighted by Crippen LogP contribution is -2.17. The van der Waals surface area contributed by atoms with Gasteiger partial charge in [-0.15, -0.1) is 0 Å². The lowest BCUT2D eigenvalue weighted by atomic mass is 10.1. The van der Waals surface area contributed by atoms with Gasteiger partial charge in [0.2, 0.25) is 0 Å².